The van der Waals surface area contributed by atoms with Crippen LogP contribution in [0.1, 0.15) is 22.3 Å². The summed E-state index contributed by atoms with van der Waals surface area (Å²) in [5.41, 5.74) is 21.9. The molecular formula is C73H46N2. The van der Waals surface area contributed by atoms with Gasteiger partial charge in [-0.15, -0.1) is 0 Å². The second-order valence-corrected chi connectivity index (χ2v) is 20.3. The first kappa shape index (κ1) is 41.8. The number of benzene rings is 13. The molecule has 14 aromatic rings. The fourth-order valence-electron chi connectivity index (χ4n) is 13.5. The van der Waals surface area contributed by atoms with Gasteiger partial charge in [-0.25, -0.2) is 0 Å². The smallest absolute Gasteiger partial charge is 0.0725 e. The normalized spacial score (nSPS) is 12.9. The highest BCUT2D eigenvalue weighted by atomic mass is 15.1. The van der Waals surface area contributed by atoms with Crippen molar-refractivity contribution in [3.05, 3.63) is 301 Å². The van der Waals surface area contributed by atoms with Gasteiger partial charge in [0.2, 0.25) is 0 Å². The van der Waals surface area contributed by atoms with Crippen LogP contribution < -0.4 is 4.90 Å². The Morgan fingerprint density at radius 1 is 0.253 bits per heavy atom. The van der Waals surface area contributed by atoms with Gasteiger partial charge in [0.15, 0.2) is 0 Å². The van der Waals surface area contributed by atoms with Gasteiger partial charge in [-0.2, -0.15) is 0 Å². The number of rotatable bonds is 6. The van der Waals surface area contributed by atoms with E-state index < -0.39 is 5.41 Å². The molecule has 0 saturated carbocycles. The highest BCUT2D eigenvalue weighted by molar-refractivity contribution is 6.26. The molecule has 2 heteroatoms. The minimum Gasteiger partial charge on any atom is -0.310 e. The Hall–Kier alpha value is -9.76. The predicted molar refractivity (Wildman–Crippen MR) is 315 cm³/mol. The molecule has 0 unspecified atom stereocenters. The van der Waals surface area contributed by atoms with E-state index in [4.69, 9.17) is 0 Å². The van der Waals surface area contributed by atoms with Crippen molar-refractivity contribution < 1.29 is 0 Å². The molecule has 1 heterocycles. The molecule has 0 fully saturated rings. The molecule has 75 heavy (non-hydrogen) atoms. The van der Waals surface area contributed by atoms with Gasteiger partial charge in [-0.3, -0.25) is 0 Å². The maximum absolute atomic E-state index is 2.43. The Kier molecular flexibility index (Phi) is 8.99. The summed E-state index contributed by atoms with van der Waals surface area (Å²) in [6.07, 6.45) is 0. The summed E-state index contributed by atoms with van der Waals surface area (Å²) in [6, 6.07) is 104. The largest absolute Gasteiger partial charge is 0.310 e. The highest BCUT2D eigenvalue weighted by Gasteiger charge is 2.52. The summed E-state index contributed by atoms with van der Waals surface area (Å²) in [5.74, 6) is 0. The Morgan fingerprint density at radius 3 is 1.20 bits per heavy atom. The quantitative estimate of drug-likeness (QED) is 0.151. The van der Waals surface area contributed by atoms with Gasteiger partial charge in [0.05, 0.1) is 16.4 Å². The van der Waals surface area contributed by atoms with Crippen LogP contribution in [0.4, 0.5) is 17.1 Å². The van der Waals surface area contributed by atoms with Gasteiger partial charge < -0.3 is 9.47 Å². The number of aromatic nitrogens is 1. The lowest BCUT2D eigenvalue weighted by Crippen LogP contribution is -2.25. The van der Waals surface area contributed by atoms with Crippen molar-refractivity contribution in [3.8, 4) is 50.2 Å². The maximum Gasteiger partial charge on any atom is 0.0725 e. The third kappa shape index (κ3) is 5.97. The van der Waals surface area contributed by atoms with Gasteiger partial charge in [0.1, 0.15) is 0 Å². The molecule has 1 aromatic heterocycles. The van der Waals surface area contributed by atoms with Crippen molar-refractivity contribution in [1.29, 1.82) is 0 Å². The van der Waals surface area contributed by atoms with Gasteiger partial charge in [0, 0.05) is 33.5 Å². The standard InChI is InChI=1S/C73H46N2/c1-2-18-57-55(16-1)56-17-3-4-19-58(56)65-46-53(44-45-59(57)65)74(50-38-32-47(33-39-50)48-34-40-52(41-35-48)75-70-30-13-8-22-62(70)63-23-9-14-31-71(63)75)51-42-36-49(37-43-51)54-25-15-29-69-72(54)64-24-7-12-28-68(64)73(69)66-26-10-5-20-60(66)61-21-6-11-27-67(61)73/h1-46H. The topological polar surface area (TPSA) is 8.17 Å². The third-order valence-corrected chi connectivity index (χ3v) is 16.6. The number of anilines is 3. The monoisotopic (exact) mass is 950 g/mol. The van der Waals surface area contributed by atoms with E-state index in [0.29, 0.717) is 0 Å². The molecule has 16 rings (SSSR count). The van der Waals surface area contributed by atoms with Crippen LogP contribution >= 0.6 is 0 Å². The minimum absolute atomic E-state index is 0.391. The van der Waals surface area contributed by atoms with Crippen LogP contribution in [0, 0.1) is 0 Å². The van der Waals surface area contributed by atoms with E-state index in [1.54, 1.807) is 0 Å². The molecule has 0 aliphatic heterocycles. The van der Waals surface area contributed by atoms with E-state index >= 15 is 0 Å². The van der Waals surface area contributed by atoms with Crippen molar-refractivity contribution in [3.63, 3.8) is 0 Å². The first-order chi connectivity index (χ1) is 37.2. The van der Waals surface area contributed by atoms with Gasteiger partial charge in [-0.05, 0) is 160 Å². The van der Waals surface area contributed by atoms with E-state index in [9.17, 15) is 0 Å². The first-order valence-electron chi connectivity index (χ1n) is 26.1. The lowest BCUT2D eigenvalue weighted by molar-refractivity contribution is 0.794. The Labute approximate surface area is 435 Å². The van der Waals surface area contributed by atoms with Crippen LogP contribution in [-0.4, -0.2) is 4.57 Å². The second kappa shape index (κ2) is 16.1. The predicted octanol–water partition coefficient (Wildman–Crippen LogP) is 19.4. The zero-order valence-corrected chi connectivity index (χ0v) is 41.0. The highest BCUT2D eigenvalue weighted by Crippen LogP contribution is 2.64. The van der Waals surface area contributed by atoms with Crippen LogP contribution in [0.5, 0.6) is 0 Å². The first-order valence-corrected chi connectivity index (χ1v) is 26.1. The van der Waals surface area contributed by atoms with E-state index in [0.717, 1.165) is 22.7 Å². The Morgan fingerprint density at radius 2 is 0.640 bits per heavy atom. The minimum atomic E-state index is -0.391. The number of para-hydroxylation sites is 2. The SMILES string of the molecule is c1ccc2c(c1)-c1ccccc1C21c2ccccc2-c2c(-c3ccc(N(c4ccc(-c5ccc(-n6c7ccccc7c7ccccc76)cc5)cc4)c4ccc5c6ccccc6c6ccccc6c5c4)cc3)cccc21. The average molecular weight is 951 g/mol. The molecule has 2 aliphatic carbocycles. The third-order valence-electron chi connectivity index (χ3n) is 16.6. The molecule has 13 aromatic carbocycles. The fraction of sp³-hybridized carbons (Fsp3) is 0.0137. The van der Waals surface area contributed by atoms with Crippen LogP contribution in [0.25, 0.3) is 104 Å². The van der Waals surface area contributed by atoms with Gasteiger partial charge >= 0.3 is 0 Å². The zero-order chi connectivity index (χ0) is 49.2. The van der Waals surface area contributed by atoms with Crippen molar-refractivity contribution in [2.45, 2.75) is 5.41 Å². The molecule has 2 aliphatic rings. The Balaban J connectivity index is 0.824. The summed E-state index contributed by atoms with van der Waals surface area (Å²) in [5, 5.41) is 10.1. The Bertz CT molecular complexity index is 4500. The van der Waals surface area contributed by atoms with Crippen LogP contribution in [-0.2, 0) is 5.41 Å². The number of hydrogen-bond donors (Lipinski definition) is 0. The molecule has 0 atom stereocenters. The molecule has 348 valence electrons. The zero-order valence-electron chi connectivity index (χ0n) is 41.0. The summed E-state index contributed by atoms with van der Waals surface area (Å²) in [7, 11) is 0. The van der Waals surface area contributed by atoms with E-state index in [2.05, 4.69) is 289 Å². The van der Waals surface area contributed by atoms with Gasteiger partial charge in [-0.1, -0.05) is 218 Å². The molecular weight excluding hydrogens is 905 g/mol. The van der Waals surface area contributed by atoms with Crippen LogP contribution in [0.2, 0.25) is 0 Å². The van der Waals surface area contributed by atoms with Crippen molar-refractivity contribution in [1.82, 2.24) is 4.57 Å². The van der Waals surface area contributed by atoms with Crippen molar-refractivity contribution >= 4 is 71.2 Å². The van der Waals surface area contributed by atoms with E-state index in [1.165, 1.54) is 121 Å². The number of fused-ring (bicyclic) bond motifs is 19. The second-order valence-electron chi connectivity index (χ2n) is 20.3. The molecule has 0 N–H and O–H groups in total. The van der Waals surface area contributed by atoms with Crippen molar-refractivity contribution in [2.24, 2.45) is 0 Å². The van der Waals surface area contributed by atoms with Gasteiger partial charge in [0.25, 0.3) is 0 Å². The average Bonchev–Trinajstić information content (AvgIpc) is 4.12. The molecule has 2 nitrogen and oxygen atoms in total. The molecule has 0 saturated heterocycles. The summed E-state index contributed by atoms with van der Waals surface area (Å²) in [4.78, 5) is 2.43. The fourth-order valence-corrected chi connectivity index (χ4v) is 13.5. The molecule has 1 spiro atoms. The molecule has 0 amide bonds. The molecule has 0 bridgehead atoms. The van der Waals surface area contributed by atoms with E-state index in [1.807, 2.05) is 0 Å². The maximum atomic E-state index is 2.43. The van der Waals surface area contributed by atoms with Crippen LogP contribution in [0.3, 0.4) is 0 Å². The van der Waals surface area contributed by atoms with E-state index in [-0.39, 0.29) is 0 Å². The summed E-state index contributed by atoms with van der Waals surface area (Å²) < 4.78 is 2.38. The molecule has 0 radical (unpaired) electrons. The number of nitrogens with zero attached hydrogens (tertiary/aromatic N) is 2. The summed E-state index contributed by atoms with van der Waals surface area (Å²) >= 11 is 0. The van der Waals surface area contributed by atoms with Crippen LogP contribution in [0.15, 0.2) is 279 Å². The lowest BCUT2D eigenvalue weighted by Gasteiger charge is -2.30. The van der Waals surface area contributed by atoms with Crippen molar-refractivity contribution in [2.75, 3.05) is 4.90 Å². The lowest BCUT2D eigenvalue weighted by atomic mass is 9.70. The summed E-state index contributed by atoms with van der Waals surface area (Å²) in [6.45, 7) is 0. The number of hydrogen-bond acceptors (Lipinski definition) is 1.